The molecule has 0 aliphatic heterocycles. The minimum absolute atomic E-state index is 0.0725. The summed E-state index contributed by atoms with van der Waals surface area (Å²) in [5.41, 5.74) is 3.71. The minimum atomic E-state index is -5.08. The van der Waals surface area contributed by atoms with Crippen molar-refractivity contribution in [2.75, 3.05) is 6.54 Å². The summed E-state index contributed by atoms with van der Waals surface area (Å²) in [7, 11) is 0. The summed E-state index contributed by atoms with van der Waals surface area (Å²) in [6, 6.07) is 5.87. The average Bonchev–Trinajstić information content (AvgIpc) is 2.81. The van der Waals surface area contributed by atoms with Gasteiger partial charge in [-0.2, -0.15) is 26.3 Å². The summed E-state index contributed by atoms with van der Waals surface area (Å²) >= 11 is 0. The number of carboxylic acid groups (broad SMARTS) is 2. The van der Waals surface area contributed by atoms with Gasteiger partial charge in [0.25, 0.3) is 11.5 Å². The molecule has 1 amide bonds. The Balaban J connectivity index is 0.000000956. The molecule has 1 heterocycles. The van der Waals surface area contributed by atoms with Gasteiger partial charge in [0.2, 0.25) is 0 Å². The van der Waals surface area contributed by atoms with Gasteiger partial charge in [-0.1, -0.05) is 12.1 Å². The highest BCUT2D eigenvalue weighted by atomic mass is 19.4. The molecular formula is C23H24F6N4O6. The molecule has 0 saturated heterocycles. The van der Waals surface area contributed by atoms with E-state index in [1.54, 1.807) is 6.92 Å². The number of pyridine rings is 1. The van der Waals surface area contributed by atoms with Crippen molar-refractivity contribution >= 4 is 23.7 Å². The van der Waals surface area contributed by atoms with Crippen LogP contribution >= 0.6 is 0 Å². The number of aliphatic carboxylic acids is 2. The molecule has 2 aromatic rings. The van der Waals surface area contributed by atoms with E-state index in [1.807, 2.05) is 0 Å². The van der Waals surface area contributed by atoms with Crippen molar-refractivity contribution in [1.82, 2.24) is 9.88 Å². The van der Waals surface area contributed by atoms with Gasteiger partial charge in [0.15, 0.2) is 0 Å². The molecular weight excluding hydrogens is 542 g/mol. The van der Waals surface area contributed by atoms with Crippen molar-refractivity contribution in [2.45, 2.75) is 44.7 Å². The van der Waals surface area contributed by atoms with Crippen molar-refractivity contribution in [1.29, 1.82) is 0 Å². The molecule has 1 aromatic heterocycles. The number of carboxylic acids is 2. The fourth-order valence-electron chi connectivity index (χ4n) is 2.92. The lowest BCUT2D eigenvalue weighted by Crippen LogP contribution is -2.43. The van der Waals surface area contributed by atoms with E-state index in [9.17, 15) is 45.8 Å². The Morgan fingerprint density at radius 3 is 2.21 bits per heavy atom. The third-order valence-electron chi connectivity index (χ3n) is 4.73. The number of nitrogens with two attached hydrogens (primary N) is 1. The molecule has 214 valence electrons. The molecule has 1 aromatic carbocycles. The first-order valence-corrected chi connectivity index (χ1v) is 10.9. The Morgan fingerprint density at radius 1 is 1.08 bits per heavy atom. The van der Waals surface area contributed by atoms with Gasteiger partial charge in [0.1, 0.15) is 11.6 Å². The fourth-order valence-corrected chi connectivity index (χ4v) is 2.92. The number of nitrogens with one attached hydrogen (secondary N) is 1. The summed E-state index contributed by atoms with van der Waals surface area (Å²) < 4.78 is 71.5. The molecule has 0 radical (unpaired) electrons. The van der Waals surface area contributed by atoms with Crippen LogP contribution < -0.4 is 16.6 Å². The second-order valence-electron chi connectivity index (χ2n) is 7.89. The molecule has 1 atom stereocenters. The van der Waals surface area contributed by atoms with E-state index < -0.39 is 47.4 Å². The number of aliphatic imine (C=N–C) groups is 1. The van der Waals surface area contributed by atoms with Crippen molar-refractivity contribution in [3.63, 3.8) is 0 Å². The van der Waals surface area contributed by atoms with Crippen molar-refractivity contribution < 1.29 is 50.9 Å². The summed E-state index contributed by atoms with van der Waals surface area (Å²) in [4.78, 5) is 49.5. The molecule has 2 rings (SSSR count). The number of halogens is 6. The van der Waals surface area contributed by atoms with Gasteiger partial charge in [0.05, 0.1) is 17.9 Å². The lowest BCUT2D eigenvalue weighted by molar-refractivity contribution is -0.192. The Hall–Kier alpha value is -4.37. The van der Waals surface area contributed by atoms with E-state index in [-0.39, 0.29) is 30.6 Å². The number of rotatable bonds is 9. The van der Waals surface area contributed by atoms with Gasteiger partial charge >= 0.3 is 24.3 Å². The molecule has 39 heavy (non-hydrogen) atoms. The number of alkyl halides is 6. The van der Waals surface area contributed by atoms with Crippen LogP contribution in [0.15, 0.2) is 52.4 Å². The molecule has 0 bridgehead atoms. The first kappa shape index (κ1) is 32.7. The van der Waals surface area contributed by atoms with Crippen LogP contribution in [0.2, 0.25) is 0 Å². The molecule has 0 fully saturated rings. The molecule has 0 aliphatic rings. The number of carbonyl (C=O) groups excluding carboxylic acids is 1. The van der Waals surface area contributed by atoms with Crippen molar-refractivity contribution in [3.05, 3.63) is 69.6 Å². The highest BCUT2D eigenvalue weighted by Gasteiger charge is 2.38. The van der Waals surface area contributed by atoms with E-state index >= 15 is 0 Å². The molecule has 0 aliphatic carbocycles. The van der Waals surface area contributed by atoms with Crippen LogP contribution in [0.4, 0.5) is 26.3 Å². The Labute approximate surface area is 216 Å². The average molecular weight is 566 g/mol. The lowest BCUT2D eigenvalue weighted by Gasteiger charge is -2.15. The number of nitrogens with zero attached hydrogens (tertiary/aromatic N) is 2. The summed E-state index contributed by atoms with van der Waals surface area (Å²) in [5.74, 6) is -4.56. The van der Waals surface area contributed by atoms with Crippen LogP contribution in [0.1, 0.15) is 41.3 Å². The minimum Gasteiger partial charge on any atom is -0.480 e. The molecule has 0 spiro atoms. The van der Waals surface area contributed by atoms with Crippen LogP contribution in [-0.2, 0) is 22.3 Å². The van der Waals surface area contributed by atoms with E-state index in [0.29, 0.717) is 12.3 Å². The number of hydrogen-bond acceptors (Lipinski definition) is 5. The third-order valence-corrected chi connectivity index (χ3v) is 4.73. The second kappa shape index (κ2) is 14.0. The zero-order valence-electron chi connectivity index (χ0n) is 20.2. The first-order valence-electron chi connectivity index (χ1n) is 10.9. The molecule has 10 nitrogen and oxygen atoms in total. The Bertz CT molecular complexity index is 1250. The van der Waals surface area contributed by atoms with Gasteiger partial charge in [0, 0.05) is 12.7 Å². The number of carbonyl (C=O) groups is 3. The van der Waals surface area contributed by atoms with Gasteiger partial charge in [-0.25, -0.2) is 9.59 Å². The smallest absolute Gasteiger partial charge is 0.480 e. The highest BCUT2D eigenvalue weighted by Crippen LogP contribution is 2.29. The summed E-state index contributed by atoms with van der Waals surface area (Å²) in [6.45, 7) is 1.69. The van der Waals surface area contributed by atoms with E-state index in [4.69, 9.17) is 15.6 Å². The van der Waals surface area contributed by atoms with Gasteiger partial charge in [-0.3, -0.25) is 14.6 Å². The normalized spacial score (nSPS) is 12.6. The van der Waals surface area contributed by atoms with Crippen LogP contribution in [0, 0.1) is 0 Å². The predicted molar refractivity (Wildman–Crippen MR) is 125 cm³/mol. The van der Waals surface area contributed by atoms with Crippen LogP contribution in [0.25, 0.3) is 0 Å². The van der Waals surface area contributed by atoms with Crippen molar-refractivity contribution in [3.8, 4) is 0 Å². The molecule has 0 saturated carbocycles. The zero-order valence-corrected chi connectivity index (χ0v) is 20.2. The van der Waals surface area contributed by atoms with E-state index in [2.05, 4.69) is 10.3 Å². The maximum atomic E-state index is 12.9. The quantitative estimate of drug-likeness (QED) is 0.157. The fraction of sp³-hybridized carbons (Fsp3) is 0.348. The Kier molecular flexibility index (Phi) is 11.7. The van der Waals surface area contributed by atoms with E-state index in [0.717, 1.165) is 16.7 Å². The molecule has 0 unspecified atom stereocenters. The van der Waals surface area contributed by atoms with Crippen LogP contribution in [0.3, 0.4) is 0 Å². The maximum absolute atomic E-state index is 12.9. The summed E-state index contributed by atoms with van der Waals surface area (Å²) in [6.07, 6.45) is -7.85. The van der Waals surface area contributed by atoms with Gasteiger partial charge in [-0.05, 0) is 49.6 Å². The highest BCUT2D eigenvalue weighted by molar-refractivity contribution is 5.96. The summed E-state index contributed by atoms with van der Waals surface area (Å²) in [5, 5.41) is 18.8. The number of aromatic nitrogens is 1. The maximum Gasteiger partial charge on any atom is 0.490 e. The second-order valence-corrected chi connectivity index (χ2v) is 7.89. The SMILES string of the molecule is CC(N)=NCCC[C@H](NC(=O)c1cccn(Cc2cccc(C(F)(F)F)c2)c1=O)C(=O)O.O=C(O)C(F)(F)F. The lowest BCUT2D eigenvalue weighted by atomic mass is 10.1. The molecule has 5 N–H and O–H groups in total. The van der Waals surface area contributed by atoms with E-state index in [1.165, 1.54) is 30.5 Å². The third kappa shape index (κ3) is 11.3. The first-order chi connectivity index (χ1) is 17.9. The van der Waals surface area contributed by atoms with Crippen LogP contribution in [0.5, 0.6) is 0 Å². The van der Waals surface area contributed by atoms with Gasteiger partial charge in [-0.15, -0.1) is 0 Å². The number of hydrogen-bond donors (Lipinski definition) is 4. The number of amidine groups is 1. The van der Waals surface area contributed by atoms with Crippen molar-refractivity contribution in [2.24, 2.45) is 10.7 Å². The standard InChI is InChI=1S/C21H23F3N4O4.C2HF3O2/c1-13(25)26-9-3-8-17(20(31)32)27-18(29)16-7-4-10-28(19(16)30)12-14-5-2-6-15(11-14)21(22,23)24;3-2(4,5)1(6)7/h2,4-7,10-11,17H,3,8-9,12H2,1H3,(H2,25,26)(H,27,29)(H,31,32);(H,6,7)/t17-;/m0./s1. The predicted octanol–water partition coefficient (Wildman–Crippen LogP) is 2.89. The number of amides is 1. The Morgan fingerprint density at radius 2 is 1.69 bits per heavy atom. The zero-order chi connectivity index (χ0) is 30.0. The topological polar surface area (TPSA) is 164 Å². The largest absolute Gasteiger partial charge is 0.490 e. The monoisotopic (exact) mass is 566 g/mol. The number of benzene rings is 1. The van der Waals surface area contributed by atoms with Gasteiger partial charge < -0.3 is 25.8 Å². The van der Waals surface area contributed by atoms with Crippen LogP contribution in [-0.4, -0.2) is 57.2 Å². The molecule has 16 heteroatoms.